The summed E-state index contributed by atoms with van der Waals surface area (Å²) in [6.45, 7) is 3.97. The zero-order valence-corrected chi connectivity index (χ0v) is 18.3. The van der Waals surface area contributed by atoms with Crippen LogP contribution in [-0.2, 0) is 12.7 Å². The van der Waals surface area contributed by atoms with E-state index < -0.39 is 23.5 Å². The molecule has 176 valence electrons. The second-order valence-corrected chi connectivity index (χ2v) is 8.07. The smallest absolute Gasteiger partial charge is 0.368 e. The Labute approximate surface area is 192 Å². The summed E-state index contributed by atoms with van der Waals surface area (Å²) in [5.41, 5.74) is 0.268. The number of pyridine rings is 2. The fourth-order valence-corrected chi connectivity index (χ4v) is 3.51. The second-order valence-electron chi connectivity index (χ2n) is 8.07. The van der Waals surface area contributed by atoms with E-state index in [1.165, 1.54) is 35.0 Å². The summed E-state index contributed by atoms with van der Waals surface area (Å²) in [6, 6.07) is 11.6. The molecule has 10 heteroatoms. The Morgan fingerprint density at radius 2 is 1.85 bits per heavy atom. The molecule has 34 heavy (non-hydrogen) atoms. The van der Waals surface area contributed by atoms with E-state index >= 15 is 0 Å². The number of anilines is 2. The summed E-state index contributed by atoms with van der Waals surface area (Å²) < 4.78 is 54.7. The molecule has 0 aliphatic heterocycles. The first-order valence-electron chi connectivity index (χ1n) is 10.4. The highest BCUT2D eigenvalue weighted by atomic mass is 19.4. The lowest BCUT2D eigenvalue weighted by atomic mass is 10.2. The van der Waals surface area contributed by atoms with Crippen molar-refractivity contribution in [3.05, 3.63) is 83.6 Å². The van der Waals surface area contributed by atoms with Crippen LogP contribution < -0.4 is 10.6 Å². The van der Waals surface area contributed by atoms with E-state index in [2.05, 4.69) is 20.6 Å². The number of amides is 1. The van der Waals surface area contributed by atoms with E-state index in [-0.39, 0.29) is 29.3 Å². The number of nitrogens with zero attached hydrogens (tertiary/aromatic N) is 3. The Morgan fingerprint density at radius 3 is 2.50 bits per heavy atom. The predicted octanol–water partition coefficient (Wildman–Crippen LogP) is 5.71. The van der Waals surface area contributed by atoms with Gasteiger partial charge in [-0.3, -0.25) is 4.79 Å². The van der Waals surface area contributed by atoms with Crippen molar-refractivity contribution in [1.29, 1.82) is 0 Å². The van der Waals surface area contributed by atoms with Gasteiger partial charge in [0.15, 0.2) is 0 Å². The number of nitrogens with one attached hydrogen (secondary N) is 2. The van der Waals surface area contributed by atoms with Crippen LogP contribution >= 0.6 is 0 Å². The van der Waals surface area contributed by atoms with Crippen LogP contribution in [0.15, 0.2) is 60.9 Å². The van der Waals surface area contributed by atoms with Crippen molar-refractivity contribution < 1.29 is 22.4 Å². The molecule has 0 saturated carbocycles. The van der Waals surface area contributed by atoms with Gasteiger partial charge < -0.3 is 15.2 Å². The van der Waals surface area contributed by atoms with E-state index in [9.17, 15) is 22.4 Å². The molecule has 3 heterocycles. The molecule has 3 aromatic heterocycles. The molecule has 0 spiro atoms. The number of halogens is 4. The SMILES string of the molecule is CC(C)Nc1ccc(NC(=O)c2cc3cc(C(F)(F)F)cnc3n2Cc2cccc(F)c2)cn1. The number of hydrogen-bond acceptors (Lipinski definition) is 4. The number of carbonyl (C=O) groups is 1. The molecule has 0 aliphatic rings. The number of hydrogen-bond donors (Lipinski definition) is 2. The van der Waals surface area contributed by atoms with Gasteiger partial charge in [0.1, 0.15) is 23.0 Å². The zero-order chi connectivity index (χ0) is 24.5. The summed E-state index contributed by atoms with van der Waals surface area (Å²) in [6.07, 6.45) is -2.38. The summed E-state index contributed by atoms with van der Waals surface area (Å²) in [5.74, 6) is -0.389. The standard InChI is InChI=1S/C24H21F4N5O/c1-14(2)31-21-7-6-19(12-29-21)32-23(34)20-10-16-9-17(24(26,27)28)11-30-22(16)33(20)13-15-4-3-5-18(25)8-15/h3-12,14H,13H2,1-2H3,(H,29,31)(H,32,34). The Balaban J connectivity index is 1.71. The van der Waals surface area contributed by atoms with Crippen LogP contribution in [0.25, 0.3) is 11.0 Å². The van der Waals surface area contributed by atoms with Crippen LogP contribution in [0.5, 0.6) is 0 Å². The van der Waals surface area contributed by atoms with E-state index in [0.717, 1.165) is 12.3 Å². The minimum absolute atomic E-state index is 0.0396. The first kappa shape index (κ1) is 23.2. The molecule has 6 nitrogen and oxygen atoms in total. The van der Waals surface area contributed by atoms with Crippen LogP contribution in [0, 0.1) is 5.82 Å². The van der Waals surface area contributed by atoms with Crippen molar-refractivity contribution >= 4 is 28.4 Å². The summed E-state index contributed by atoms with van der Waals surface area (Å²) in [4.78, 5) is 21.3. The number of aromatic nitrogens is 3. The Hall–Kier alpha value is -3.95. The van der Waals surface area contributed by atoms with Gasteiger partial charge in [0.05, 0.1) is 17.4 Å². The predicted molar refractivity (Wildman–Crippen MR) is 121 cm³/mol. The van der Waals surface area contributed by atoms with Crippen molar-refractivity contribution in [2.24, 2.45) is 0 Å². The third-order valence-electron chi connectivity index (χ3n) is 4.98. The molecule has 0 atom stereocenters. The second kappa shape index (κ2) is 9.12. The van der Waals surface area contributed by atoms with Crippen molar-refractivity contribution in [2.45, 2.75) is 32.6 Å². The van der Waals surface area contributed by atoms with Crippen LogP contribution in [0.4, 0.5) is 29.1 Å². The number of fused-ring (bicyclic) bond motifs is 1. The number of carbonyl (C=O) groups excluding carboxylic acids is 1. The van der Waals surface area contributed by atoms with E-state index in [1.807, 2.05) is 13.8 Å². The average Bonchev–Trinajstić information content (AvgIpc) is 3.12. The Kier molecular flexibility index (Phi) is 6.23. The molecule has 4 rings (SSSR count). The molecule has 0 aliphatic carbocycles. The van der Waals surface area contributed by atoms with Gasteiger partial charge in [-0.25, -0.2) is 14.4 Å². The van der Waals surface area contributed by atoms with Gasteiger partial charge in [0.25, 0.3) is 5.91 Å². The van der Waals surface area contributed by atoms with Crippen LogP contribution in [0.1, 0.15) is 35.5 Å². The lowest BCUT2D eigenvalue weighted by Crippen LogP contribution is -2.18. The fourth-order valence-electron chi connectivity index (χ4n) is 3.51. The third-order valence-corrected chi connectivity index (χ3v) is 4.98. The molecule has 1 aromatic carbocycles. The zero-order valence-electron chi connectivity index (χ0n) is 18.3. The lowest BCUT2D eigenvalue weighted by molar-refractivity contribution is -0.137. The van der Waals surface area contributed by atoms with Crippen molar-refractivity contribution in [1.82, 2.24) is 14.5 Å². The van der Waals surface area contributed by atoms with E-state index in [1.54, 1.807) is 18.2 Å². The quantitative estimate of drug-likeness (QED) is 0.354. The molecular weight excluding hydrogens is 450 g/mol. The maximum atomic E-state index is 13.7. The minimum Gasteiger partial charge on any atom is -0.368 e. The van der Waals surface area contributed by atoms with E-state index in [0.29, 0.717) is 17.1 Å². The van der Waals surface area contributed by atoms with Gasteiger partial charge in [-0.05, 0) is 55.8 Å². The molecular formula is C24H21F4N5O. The highest BCUT2D eigenvalue weighted by Crippen LogP contribution is 2.31. The van der Waals surface area contributed by atoms with Crippen molar-refractivity contribution in [3.63, 3.8) is 0 Å². The molecule has 0 bridgehead atoms. The summed E-state index contributed by atoms with van der Waals surface area (Å²) in [5, 5.41) is 5.99. The van der Waals surface area contributed by atoms with E-state index in [4.69, 9.17) is 0 Å². The highest BCUT2D eigenvalue weighted by Gasteiger charge is 2.32. The molecule has 0 radical (unpaired) electrons. The number of rotatable bonds is 6. The maximum absolute atomic E-state index is 13.7. The lowest BCUT2D eigenvalue weighted by Gasteiger charge is -2.12. The minimum atomic E-state index is -4.58. The monoisotopic (exact) mass is 471 g/mol. The largest absolute Gasteiger partial charge is 0.417 e. The molecule has 0 unspecified atom stereocenters. The van der Waals surface area contributed by atoms with Gasteiger partial charge in [-0.2, -0.15) is 13.2 Å². The van der Waals surface area contributed by atoms with Gasteiger partial charge in [-0.1, -0.05) is 12.1 Å². The molecule has 0 saturated heterocycles. The van der Waals surface area contributed by atoms with Gasteiger partial charge in [-0.15, -0.1) is 0 Å². The molecule has 1 amide bonds. The molecule has 4 aromatic rings. The molecule has 0 fully saturated rings. The van der Waals surface area contributed by atoms with Crippen LogP contribution in [-0.4, -0.2) is 26.5 Å². The normalized spacial score (nSPS) is 11.7. The van der Waals surface area contributed by atoms with Crippen molar-refractivity contribution in [2.75, 3.05) is 10.6 Å². The highest BCUT2D eigenvalue weighted by molar-refractivity contribution is 6.06. The third kappa shape index (κ3) is 5.16. The van der Waals surface area contributed by atoms with Crippen LogP contribution in [0.3, 0.4) is 0 Å². The first-order chi connectivity index (χ1) is 16.1. The Morgan fingerprint density at radius 1 is 1.06 bits per heavy atom. The molecule has 2 N–H and O–H groups in total. The van der Waals surface area contributed by atoms with Gasteiger partial charge in [0.2, 0.25) is 0 Å². The number of alkyl halides is 3. The van der Waals surface area contributed by atoms with Crippen LogP contribution in [0.2, 0.25) is 0 Å². The first-order valence-corrected chi connectivity index (χ1v) is 10.4. The summed E-state index contributed by atoms with van der Waals surface area (Å²) >= 11 is 0. The Bertz CT molecular complexity index is 1330. The maximum Gasteiger partial charge on any atom is 0.417 e. The average molecular weight is 471 g/mol. The van der Waals surface area contributed by atoms with Gasteiger partial charge in [0, 0.05) is 24.2 Å². The van der Waals surface area contributed by atoms with Crippen molar-refractivity contribution in [3.8, 4) is 0 Å². The number of benzene rings is 1. The fraction of sp³-hybridized carbons (Fsp3) is 0.208. The topological polar surface area (TPSA) is 71.8 Å². The van der Waals surface area contributed by atoms with Gasteiger partial charge >= 0.3 is 6.18 Å². The summed E-state index contributed by atoms with van der Waals surface area (Å²) in [7, 11) is 0.